The maximum absolute atomic E-state index is 9.83. The molecule has 0 aromatic heterocycles. The lowest BCUT2D eigenvalue weighted by molar-refractivity contribution is 0.437. The van der Waals surface area contributed by atoms with Gasteiger partial charge in [0.15, 0.2) is 0 Å². The Balaban J connectivity index is 2.56. The van der Waals surface area contributed by atoms with Crippen molar-refractivity contribution in [2.45, 2.75) is 45.7 Å². The number of phenolic OH excluding ortho intramolecular Hbond substituents is 1. The molecule has 1 aromatic carbocycles. The van der Waals surface area contributed by atoms with E-state index in [2.05, 4.69) is 35.1 Å². The van der Waals surface area contributed by atoms with Crippen molar-refractivity contribution < 1.29 is 5.11 Å². The predicted molar refractivity (Wildman–Crippen MR) is 71.6 cm³/mol. The Bertz CT molecular complexity index is 328. The first-order valence-corrected chi connectivity index (χ1v) is 6.68. The maximum Gasteiger partial charge on any atom is 0.134 e. The van der Waals surface area contributed by atoms with Gasteiger partial charge in [-0.1, -0.05) is 32.4 Å². The average Bonchev–Trinajstić information content (AvgIpc) is 2.29. The topological polar surface area (TPSA) is 32.3 Å². The van der Waals surface area contributed by atoms with E-state index in [4.69, 9.17) is 0 Å². The highest BCUT2D eigenvalue weighted by Gasteiger charge is 2.07. The van der Waals surface area contributed by atoms with Gasteiger partial charge < -0.3 is 10.4 Å². The molecule has 0 spiro atoms. The van der Waals surface area contributed by atoms with Crippen molar-refractivity contribution >= 4 is 15.9 Å². The van der Waals surface area contributed by atoms with Crippen LogP contribution in [0.2, 0.25) is 0 Å². The highest BCUT2D eigenvalue weighted by atomic mass is 79.9. The van der Waals surface area contributed by atoms with Gasteiger partial charge in [0.25, 0.3) is 0 Å². The molecule has 1 unspecified atom stereocenters. The smallest absolute Gasteiger partial charge is 0.134 e. The van der Waals surface area contributed by atoms with E-state index in [-0.39, 0.29) is 0 Å². The Morgan fingerprint density at radius 1 is 1.38 bits per heavy atom. The summed E-state index contributed by atoms with van der Waals surface area (Å²) >= 11 is 3.32. The number of para-hydroxylation sites is 1. The van der Waals surface area contributed by atoms with Crippen molar-refractivity contribution in [2.24, 2.45) is 0 Å². The molecule has 0 amide bonds. The normalized spacial score (nSPS) is 12.7. The molecule has 90 valence electrons. The van der Waals surface area contributed by atoms with Crippen LogP contribution in [0, 0.1) is 0 Å². The first-order chi connectivity index (χ1) is 7.69. The zero-order chi connectivity index (χ0) is 12.0. The van der Waals surface area contributed by atoms with Crippen LogP contribution < -0.4 is 5.32 Å². The lowest BCUT2D eigenvalue weighted by Gasteiger charge is -2.16. The predicted octanol–water partition coefficient (Wildman–Crippen LogP) is 3.82. The van der Waals surface area contributed by atoms with Crippen LogP contribution in [-0.2, 0) is 6.54 Å². The molecule has 1 atom stereocenters. The van der Waals surface area contributed by atoms with Crippen LogP contribution in [0.4, 0.5) is 0 Å². The third kappa shape index (κ3) is 3.80. The Morgan fingerprint density at radius 2 is 2.12 bits per heavy atom. The summed E-state index contributed by atoms with van der Waals surface area (Å²) in [6.45, 7) is 5.11. The van der Waals surface area contributed by atoms with Crippen LogP contribution in [0.1, 0.15) is 38.7 Å². The second-order valence-electron chi connectivity index (χ2n) is 4.02. The standard InChI is InChI=1S/C13H20BrNO/c1-3-6-11(4-2)15-9-10-7-5-8-12(14)13(10)16/h5,7-8,11,15-16H,3-4,6,9H2,1-2H3. The summed E-state index contributed by atoms with van der Waals surface area (Å²) in [6, 6.07) is 6.29. The molecular weight excluding hydrogens is 266 g/mol. The SMILES string of the molecule is CCCC(CC)NCc1cccc(Br)c1O. The van der Waals surface area contributed by atoms with Gasteiger partial charge >= 0.3 is 0 Å². The number of benzene rings is 1. The van der Waals surface area contributed by atoms with Gasteiger partial charge in [-0.3, -0.25) is 0 Å². The minimum atomic E-state index is 0.348. The minimum Gasteiger partial charge on any atom is -0.506 e. The maximum atomic E-state index is 9.83. The van der Waals surface area contributed by atoms with E-state index in [0.717, 1.165) is 23.0 Å². The fourth-order valence-corrected chi connectivity index (χ4v) is 2.16. The monoisotopic (exact) mass is 285 g/mol. The van der Waals surface area contributed by atoms with E-state index in [0.29, 0.717) is 11.8 Å². The van der Waals surface area contributed by atoms with Crippen LogP contribution in [0.5, 0.6) is 5.75 Å². The molecule has 0 saturated carbocycles. The fraction of sp³-hybridized carbons (Fsp3) is 0.538. The van der Waals surface area contributed by atoms with Crippen molar-refractivity contribution in [3.05, 3.63) is 28.2 Å². The summed E-state index contributed by atoms with van der Waals surface area (Å²) in [6.07, 6.45) is 3.50. The molecule has 3 heteroatoms. The molecule has 0 aliphatic rings. The molecule has 0 bridgehead atoms. The Morgan fingerprint density at radius 3 is 2.75 bits per heavy atom. The van der Waals surface area contributed by atoms with Crippen molar-refractivity contribution in [3.8, 4) is 5.75 Å². The highest BCUT2D eigenvalue weighted by molar-refractivity contribution is 9.10. The number of nitrogens with one attached hydrogen (secondary N) is 1. The molecular formula is C13H20BrNO. The van der Waals surface area contributed by atoms with Crippen molar-refractivity contribution in [1.29, 1.82) is 0 Å². The summed E-state index contributed by atoms with van der Waals surface area (Å²) in [5, 5.41) is 13.3. The van der Waals surface area contributed by atoms with Gasteiger partial charge in [-0.25, -0.2) is 0 Å². The molecule has 16 heavy (non-hydrogen) atoms. The van der Waals surface area contributed by atoms with Crippen LogP contribution in [-0.4, -0.2) is 11.1 Å². The van der Waals surface area contributed by atoms with Gasteiger partial charge in [0.1, 0.15) is 5.75 Å². The van der Waals surface area contributed by atoms with E-state index in [9.17, 15) is 5.11 Å². The van der Waals surface area contributed by atoms with E-state index < -0.39 is 0 Å². The van der Waals surface area contributed by atoms with Gasteiger partial charge in [0.2, 0.25) is 0 Å². The third-order valence-corrected chi connectivity index (χ3v) is 3.42. The quantitative estimate of drug-likeness (QED) is 0.833. The first-order valence-electron chi connectivity index (χ1n) is 5.88. The second kappa shape index (κ2) is 6.92. The third-order valence-electron chi connectivity index (χ3n) is 2.78. The number of hydrogen-bond donors (Lipinski definition) is 2. The molecule has 2 N–H and O–H groups in total. The van der Waals surface area contributed by atoms with E-state index in [1.165, 1.54) is 12.8 Å². The largest absolute Gasteiger partial charge is 0.506 e. The van der Waals surface area contributed by atoms with Crippen molar-refractivity contribution in [1.82, 2.24) is 5.32 Å². The van der Waals surface area contributed by atoms with Gasteiger partial charge in [-0.15, -0.1) is 0 Å². The van der Waals surface area contributed by atoms with Gasteiger partial charge in [0.05, 0.1) is 4.47 Å². The van der Waals surface area contributed by atoms with Crippen LogP contribution in [0.25, 0.3) is 0 Å². The molecule has 2 nitrogen and oxygen atoms in total. The fourth-order valence-electron chi connectivity index (χ4n) is 1.76. The van der Waals surface area contributed by atoms with E-state index >= 15 is 0 Å². The Hall–Kier alpha value is -0.540. The lowest BCUT2D eigenvalue weighted by atomic mass is 10.1. The van der Waals surface area contributed by atoms with Crippen molar-refractivity contribution in [3.63, 3.8) is 0 Å². The molecule has 0 saturated heterocycles. The van der Waals surface area contributed by atoms with Crippen LogP contribution >= 0.6 is 15.9 Å². The van der Waals surface area contributed by atoms with E-state index in [1.54, 1.807) is 0 Å². The second-order valence-corrected chi connectivity index (χ2v) is 4.88. The van der Waals surface area contributed by atoms with Gasteiger partial charge in [-0.05, 0) is 34.8 Å². The molecule has 0 aliphatic heterocycles. The molecule has 0 fully saturated rings. The van der Waals surface area contributed by atoms with Crippen LogP contribution in [0.15, 0.2) is 22.7 Å². The molecule has 1 aromatic rings. The number of aromatic hydroxyl groups is 1. The Kier molecular flexibility index (Phi) is 5.85. The number of rotatable bonds is 6. The number of halogens is 1. The number of phenols is 1. The first kappa shape index (κ1) is 13.5. The summed E-state index contributed by atoms with van der Waals surface area (Å²) in [5.41, 5.74) is 0.948. The highest BCUT2D eigenvalue weighted by Crippen LogP contribution is 2.27. The van der Waals surface area contributed by atoms with Gasteiger partial charge in [0, 0.05) is 18.2 Å². The van der Waals surface area contributed by atoms with E-state index in [1.807, 2.05) is 18.2 Å². The number of hydrogen-bond acceptors (Lipinski definition) is 2. The van der Waals surface area contributed by atoms with Gasteiger partial charge in [-0.2, -0.15) is 0 Å². The zero-order valence-electron chi connectivity index (χ0n) is 9.96. The lowest BCUT2D eigenvalue weighted by Crippen LogP contribution is -2.27. The molecule has 1 rings (SSSR count). The minimum absolute atomic E-state index is 0.348. The zero-order valence-corrected chi connectivity index (χ0v) is 11.5. The van der Waals surface area contributed by atoms with Crippen LogP contribution in [0.3, 0.4) is 0 Å². The molecule has 0 radical (unpaired) electrons. The summed E-state index contributed by atoms with van der Waals surface area (Å²) in [5.74, 6) is 0.348. The average molecular weight is 286 g/mol. The van der Waals surface area contributed by atoms with Crippen molar-refractivity contribution in [2.75, 3.05) is 0 Å². The molecule has 0 heterocycles. The molecule has 0 aliphatic carbocycles. The summed E-state index contributed by atoms with van der Waals surface area (Å²) in [4.78, 5) is 0. The summed E-state index contributed by atoms with van der Waals surface area (Å²) < 4.78 is 0.760. The Labute approximate surface area is 106 Å². The summed E-state index contributed by atoms with van der Waals surface area (Å²) in [7, 11) is 0.